The van der Waals surface area contributed by atoms with Gasteiger partial charge < -0.3 is 20.1 Å². The summed E-state index contributed by atoms with van der Waals surface area (Å²) >= 11 is 0. The molecule has 1 atom stereocenters. The highest BCUT2D eigenvalue weighted by atomic mass is 16.5. The minimum absolute atomic E-state index is 0.0121. The zero-order chi connectivity index (χ0) is 17.6. The summed E-state index contributed by atoms with van der Waals surface area (Å²) in [6, 6.07) is 8.94. The Kier molecular flexibility index (Phi) is 5.57. The van der Waals surface area contributed by atoms with Crippen LogP contribution in [0.3, 0.4) is 0 Å². The van der Waals surface area contributed by atoms with E-state index in [4.69, 9.17) is 15.2 Å². The monoisotopic (exact) mass is 342 g/mol. The fourth-order valence-corrected chi connectivity index (χ4v) is 2.81. The first-order chi connectivity index (χ1) is 12.2. The Balaban J connectivity index is 1.75. The Bertz CT molecular complexity index is 738. The molecule has 1 aromatic carbocycles. The second kappa shape index (κ2) is 8.04. The SMILES string of the molecule is COCC[C@H]1CN(C(=O)c2cccc(-c3nccc(N)n3)c2)CCO1. The first-order valence-electron chi connectivity index (χ1n) is 8.26. The number of hydrogen-bond donors (Lipinski definition) is 1. The molecular formula is C18H22N4O3. The Morgan fingerprint density at radius 1 is 1.44 bits per heavy atom. The molecule has 25 heavy (non-hydrogen) atoms. The molecule has 0 aliphatic carbocycles. The fourth-order valence-electron chi connectivity index (χ4n) is 2.81. The molecule has 7 heteroatoms. The van der Waals surface area contributed by atoms with Crippen LogP contribution in [0.2, 0.25) is 0 Å². The van der Waals surface area contributed by atoms with Crippen LogP contribution in [0.4, 0.5) is 5.82 Å². The molecule has 1 aromatic heterocycles. The van der Waals surface area contributed by atoms with Gasteiger partial charge in [0.15, 0.2) is 5.82 Å². The lowest BCUT2D eigenvalue weighted by atomic mass is 10.1. The summed E-state index contributed by atoms with van der Waals surface area (Å²) in [5, 5.41) is 0. The molecule has 1 saturated heterocycles. The highest BCUT2D eigenvalue weighted by Crippen LogP contribution is 2.19. The van der Waals surface area contributed by atoms with Gasteiger partial charge in [0, 0.05) is 44.1 Å². The normalized spacial score (nSPS) is 17.5. The van der Waals surface area contributed by atoms with Crippen molar-refractivity contribution < 1.29 is 14.3 Å². The zero-order valence-corrected chi connectivity index (χ0v) is 14.2. The van der Waals surface area contributed by atoms with Gasteiger partial charge in [-0.3, -0.25) is 4.79 Å². The third-order valence-corrected chi connectivity index (χ3v) is 4.11. The molecule has 2 N–H and O–H groups in total. The number of benzene rings is 1. The van der Waals surface area contributed by atoms with Gasteiger partial charge >= 0.3 is 0 Å². The predicted molar refractivity (Wildman–Crippen MR) is 94.0 cm³/mol. The fraction of sp³-hybridized carbons (Fsp3) is 0.389. The van der Waals surface area contributed by atoms with Crippen LogP contribution in [0.25, 0.3) is 11.4 Å². The van der Waals surface area contributed by atoms with Crippen molar-refractivity contribution in [2.24, 2.45) is 0 Å². The number of hydrogen-bond acceptors (Lipinski definition) is 6. The average molecular weight is 342 g/mol. The number of morpholine rings is 1. The van der Waals surface area contributed by atoms with E-state index in [0.717, 1.165) is 12.0 Å². The Labute approximate surface area is 146 Å². The van der Waals surface area contributed by atoms with E-state index in [9.17, 15) is 4.79 Å². The number of anilines is 1. The molecule has 0 radical (unpaired) electrons. The summed E-state index contributed by atoms with van der Waals surface area (Å²) in [4.78, 5) is 23.1. The molecule has 2 heterocycles. The maximum absolute atomic E-state index is 12.8. The predicted octanol–water partition coefficient (Wildman–Crippen LogP) is 1.60. The number of nitrogens with zero attached hydrogens (tertiary/aromatic N) is 3. The number of carbonyl (C=O) groups is 1. The lowest BCUT2D eigenvalue weighted by molar-refractivity contribution is -0.0332. The van der Waals surface area contributed by atoms with E-state index in [-0.39, 0.29) is 12.0 Å². The maximum atomic E-state index is 12.8. The summed E-state index contributed by atoms with van der Waals surface area (Å²) in [5.74, 6) is 0.891. The molecule has 0 bridgehead atoms. The quantitative estimate of drug-likeness (QED) is 0.888. The van der Waals surface area contributed by atoms with Crippen LogP contribution in [-0.2, 0) is 9.47 Å². The molecule has 0 unspecified atom stereocenters. The van der Waals surface area contributed by atoms with Gasteiger partial charge in [0.25, 0.3) is 5.91 Å². The third-order valence-electron chi connectivity index (χ3n) is 4.11. The van der Waals surface area contributed by atoms with Crippen LogP contribution in [0.5, 0.6) is 0 Å². The molecule has 7 nitrogen and oxygen atoms in total. The largest absolute Gasteiger partial charge is 0.385 e. The molecule has 1 fully saturated rings. The first kappa shape index (κ1) is 17.3. The van der Waals surface area contributed by atoms with E-state index in [0.29, 0.717) is 43.5 Å². The van der Waals surface area contributed by atoms with Crippen LogP contribution in [0.15, 0.2) is 36.5 Å². The first-order valence-corrected chi connectivity index (χ1v) is 8.26. The Morgan fingerprint density at radius 2 is 2.32 bits per heavy atom. The van der Waals surface area contributed by atoms with Crippen molar-refractivity contribution in [1.82, 2.24) is 14.9 Å². The van der Waals surface area contributed by atoms with Crippen molar-refractivity contribution in [2.75, 3.05) is 39.1 Å². The number of nitrogens with two attached hydrogens (primary N) is 1. The molecule has 0 spiro atoms. The number of aromatic nitrogens is 2. The molecule has 1 aliphatic rings. The van der Waals surface area contributed by atoms with Crippen LogP contribution in [0.1, 0.15) is 16.8 Å². The van der Waals surface area contributed by atoms with Crippen molar-refractivity contribution in [2.45, 2.75) is 12.5 Å². The number of carbonyl (C=O) groups excluding carboxylic acids is 1. The minimum atomic E-state index is -0.0172. The molecule has 0 saturated carbocycles. The van der Waals surface area contributed by atoms with Crippen molar-refractivity contribution in [3.63, 3.8) is 0 Å². The van der Waals surface area contributed by atoms with Gasteiger partial charge in [0.05, 0.1) is 12.7 Å². The van der Waals surface area contributed by atoms with Gasteiger partial charge in [-0.1, -0.05) is 12.1 Å². The van der Waals surface area contributed by atoms with Crippen molar-refractivity contribution >= 4 is 11.7 Å². The van der Waals surface area contributed by atoms with Crippen molar-refractivity contribution in [3.8, 4) is 11.4 Å². The lowest BCUT2D eigenvalue weighted by Crippen LogP contribution is -2.45. The summed E-state index contributed by atoms with van der Waals surface area (Å²) in [6.07, 6.45) is 2.39. The van der Waals surface area contributed by atoms with Crippen LogP contribution in [0, 0.1) is 0 Å². The number of methoxy groups -OCH3 is 1. The van der Waals surface area contributed by atoms with Gasteiger partial charge in [-0.25, -0.2) is 9.97 Å². The topological polar surface area (TPSA) is 90.6 Å². The second-order valence-corrected chi connectivity index (χ2v) is 5.91. The Hall–Kier alpha value is -2.51. The van der Waals surface area contributed by atoms with E-state index in [1.165, 1.54) is 0 Å². The maximum Gasteiger partial charge on any atom is 0.254 e. The molecule has 1 amide bonds. The molecule has 132 valence electrons. The van der Waals surface area contributed by atoms with Crippen molar-refractivity contribution in [1.29, 1.82) is 0 Å². The number of rotatable bonds is 5. The van der Waals surface area contributed by atoms with E-state index in [1.807, 2.05) is 17.0 Å². The summed E-state index contributed by atoms with van der Waals surface area (Å²) in [5.41, 5.74) is 7.09. The molecular weight excluding hydrogens is 320 g/mol. The summed E-state index contributed by atoms with van der Waals surface area (Å²) in [6.45, 7) is 2.32. The van der Waals surface area contributed by atoms with Gasteiger partial charge in [-0.05, 0) is 24.6 Å². The van der Waals surface area contributed by atoms with Crippen LogP contribution < -0.4 is 5.73 Å². The highest BCUT2D eigenvalue weighted by Gasteiger charge is 2.25. The van der Waals surface area contributed by atoms with E-state index < -0.39 is 0 Å². The van der Waals surface area contributed by atoms with E-state index in [2.05, 4.69) is 9.97 Å². The summed E-state index contributed by atoms with van der Waals surface area (Å²) < 4.78 is 10.8. The third kappa shape index (κ3) is 4.32. The standard InChI is InChI=1S/C18H22N4O3/c1-24-9-6-15-12-22(8-10-25-15)18(23)14-4-2-3-13(11-14)17-20-7-5-16(19)21-17/h2-5,7,11,15H,6,8-10,12H2,1H3,(H2,19,20,21)/t15-/m0/s1. The average Bonchev–Trinajstić information content (AvgIpc) is 2.66. The van der Waals surface area contributed by atoms with Gasteiger partial charge in [-0.15, -0.1) is 0 Å². The van der Waals surface area contributed by atoms with Crippen LogP contribution >= 0.6 is 0 Å². The molecule has 3 rings (SSSR count). The number of nitrogen functional groups attached to an aromatic ring is 1. The minimum Gasteiger partial charge on any atom is -0.385 e. The van der Waals surface area contributed by atoms with Gasteiger partial charge in [-0.2, -0.15) is 0 Å². The van der Waals surface area contributed by atoms with Gasteiger partial charge in [0.1, 0.15) is 5.82 Å². The molecule has 2 aromatic rings. The number of amides is 1. The zero-order valence-electron chi connectivity index (χ0n) is 14.2. The van der Waals surface area contributed by atoms with E-state index >= 15 is 0 Å². The molecule has 1 aliphatic heterocycles. The van der Waals surface area contributed by atoms with Crippen LogP contribution in [-0.4, -0.2) is 60.3 Å². The number of ether oxygens (including phenoxy) is 2. The van der Waals surface area contributed by atoms with Gasteiger partial charge in [0.2, 0.25) is 0 Å². The smallest absolute Gasteiger partial charge is 0.254 e. The lowest BCUT2D eigenvalue weighted by Gasteiger charge is -2.33. The second-order valence-electron chi connectivity index (χ2n) is 5.91. The highest BCUT2D eigenvalue weighted by molar-refractivity contribution is 5.95. The van der Waals surface area contributed by atoms with Crippen molar-refractivity contribution in [3.05, 3.63) is 42.1 Å². The van der Waals surface area contributed by atoms with E-state index in [1.54, 1.807) is 31.5 Å². The Morgan fingerprint density at radius 3 is 3.12 bits per heavy atom. The summed E-state index contributed by atoms with van der Waals surface area (Å²) in [7, 11) is 1.66.